The van der Waals surface area contributed by atoms with Crippen LogP contribution in [0.25, 0.3) is 0 Å². The molecule has 2 atom stereocenters. The minimum absolute atomic E-state index is 0.314. The van der Waals surface area contributed by atoms with E-state index in [1.165, 1.54) is 0 Å². The first kappa shape index (κ1) is 7.03. The van der Waals surface area contributed by atoms with Gasteiger partial charge in [0, 0.05) is 6.42 Å². The Balaban J connectivity index is 2.27. The first-order valence-corrected chi connectivity index (χ1v) is 4.51. The summed E-state index contributed by atoms with van der Waals surface area (Å²) in [6.07, 6.45) is 4.23. The molecule has 0 radical (unpaired) electrons. The number of benzene rings is 1. The Labute approximate surface area is 86.1 Å². The fraction of sp³-hybridized carbons (Fsp3) is 0.333. The molecule has 1 nitrogen and oxygen atoms in total. The third-order valence-corrected chi connectivity index (χ3v) is 2.47. The summed E-state index contributed by atoms with van der Waals surface area (Å²) in [7, 11) is 0. The van der Waals surface area contributed by atoms with Crippen molar-refractivity contribution in [2.75, 3.05) is 6.50 Å². The van der Waals surface area contributed by atoms with Gasteiger partial charge < -0.3 is 0 Å². The van der Waals surface area contributed by atoms with E-state index in [2.05, 4.69) is 5.32 Å². The number of fused-ring (bicyclic) bond motifs is 1. The number of hydrogen-bond acceptors (Lipinski definition) is 1. The van der Waals surface area contributed by atoms with Gasteiger partial charge in [-0.3, -0.25) is 5.32 Å². The fourth-order valence-corrected chi connectivity index (χ4v) is 1.83. The molecule has 0 heterocycles. The van der Waals surface area contributed by atoms with Crippen molar-refractivity contribution >= 4 is 0 Å². The van der Waals surface area contributed by atoms with Crippen molar-refractivity contribution in [1.29, 1.82) is 0 Å². The van der Waals surface area contributed by atoms with Crippen LogP contribution < -0.4 is 5.32 Å². The summed E-state index contributed by atoms with van der Waals surface area (Å²) in [6, 6.07) is 6.68. The smallest absolute Gasteiger partial charge is 0.124 e. The van der Waals surface area contributed by atoms with Crippen LogP contribution in [0.2, 0.25) is 0 Å². The maximum absolute atomic E-state index is 13.7. The lowest BCUT2D eigenvalue weighted by Gasteiger charge is -2.14. The lowest BCUT2D eigenvalue weighted by molar-refractivity contribution is 0.275. The predicted octanol–water partition coefficient (Wildman–Crippen LogP) is 1.84. The van der Waals surface area contributed by atoms with Gasteiger partial charge in [0.15, 0.2) is 0 Å². The van der Waals surface area contributed by atoms with E-state index in [9.17, 15) is 4.39 Å². The van der Waals surface area contributed by atoms with E-state index in [4.69, 9.17) is 9.16 Å². The second-order valence-corrected chi connectivity index (χ2v) is 3.31. The van der Waals surface area contributed by atoms with Crippen LogP contribution in [0, 0.1) is 12.3 Å². The number of hydrogen-bond donors (Lipinski definition) is 1. The topological polar surface area (TPSA) is 12.0 Å². The Morgan fingerprint density at radius 1 is 1.64 bits per heavy atom. The first-order chi connectivity index (χ1) is 7.53. The van der Waals surface area contributed by atoms with E-state index >= 15 is 0 Å². The molecule has 0 fully saturated rings. The quantitative estimate of drug-likeness (QED) is 0.703. The van der Waals surface area contributed by atoms with E-state index in [-0.39, 0.29) is 0 Å². The van der Waals surface area contributed by atoms with Gasteiger partial charge in [-0.2, -0.15) is 0 Å². The molecule has 1 aliphatic rings. The molecule has 0 bridgehead atoms. The van der Waals surface area contributed by atoms with Crippen LogP contribution in [0.3, 0.4) is 0 Å². The van der Waals surface area contributed by atoms with E-state index in [0.29, 0.717) is 6.42 Å². The normalized spacial score (nSPS) is 27.4. The Morgan fingerprint density at radius 2 is 2.43 bits per heavy atom. The zero-order valence-corrected chi connectivity index (χ0v) is 7.63. The highest BCUT2D eigenvalue weighted by Gasteiger charge is 2.31. The molecule has 2 heteroatoms. The minimum atomic E-state index is -1.98. The van der Waals surface area contributed by atoms with Crippen molar-refractivity contribution in [2.24, 2.45) is 0 Å². The molecule has 0 saturated carbocycles. The van der Waals surface area contributed by atoms with Gasteiger partial charge in [0.2, 0.25) is 0 Å². The van der Waals surface area contributed by atoms with Crippen molar-refractivity contribution in [2.45, 2.75) is 18.6 Å². The Kier molecular flexibility index (Phi) is 1.91. The zero-order valence-electron chi connectivity index (χ0n) is 9.63. The van der Waals surface area contributed by atoms with Gasteiger partial charge in [0.25, 0.3) is 0 Å². The van der Waals surface area contributed by atoms with Crippen LogP contribution >= 0.6 is 0 Å². The molecule has 1 aromatic carbocycles. The number of halogens is 1. The summed E-state index contributed by atoms with van der Waals surface area (Å²) in [4.78, 5) is 0. The van der Waals surface area contributed by atoms with Crippen molar-refractivity contribution in [1.82, 2.24) is 5.32 Å². The third-order valence-electron chi connectivity index (χ3n) is 2.47. The molecular weight excluding hydrogens is 177 g/mol. The lowest BCUT2D eigenvalue weighted by atomic mass is 10.1. The molecular formula is C12H12FN. The van der Waals surface area contributed by atoms with Crippen molar-refractivity contribution < 1.29 is 7.13 Å². The highest BCUT2D eigenvalue weighted by molar-refractivity contribution is 5.36. The summed E-state index contributed by atoms with van der Waals surface area (Å²) in [5.41, 5.74) is 1.72. The van der Waals surface area contributed by atoms with Gasteiger partial charge in [0.05, 0.1) is 15.3 Å². The van der Waals surface area contributed by atoms with Gasteiger partial charge in [-0.05, 0) is 11.1 Å². The molecule has 1 N–H and O–H groups in total. The molecule has 0 amide bonds. The standard InChI is InChI=1S/C12H12FN/c1-2-7-14-12-10-6-4-3-5-9(10)8-11(12)13/h1,3-6,11-12,14H,7-8H2/t11-,12-/m0/s1/i7D2. The third kappa shape index (κ3) is 1.51. The molecule has 1 aliphatic carbocycles. The maximum atomic E-state index is 13.7. The Bertz CT molecular complexity index is 439. The van der Waals surface area contributed by atoms with E-state index in [0.717, 1.165) is 11.1 Å². The molecule has 0 spiro atoms. The van der Waals surface area contributed by atoms with Crippen LogP contribution in [0.4, 0.5) is 4.39 Å². The van der Waals surface area contributed by atoms with Crippen molar-refractivity contribution in [3.05, 3.63) is 35.4 Å². The summed E-state index contributed by atoms with van der Waals surface area (Å²) in [5, 5.41) is 2.53. The summed E-state index contributed by atoms with van der Waals surface area (Å²) >= 11 is 0. The molecule has 1 aromatic rings. The average molecular weight is 191 g/mol. The molecule has 72 valence electrons. The molecule has 14 heavy (non-hydrogen) atoms. The van der Waals surface area contributed by atoms with E-state index in [1.807, 2.05) is 24.1 Å². The van der Waals surface area contributed by atoms with E-state index < -0.39 is 18.7 Å². The highest BCUT2D eigenvalue weighted by Crippen LogP contribution is 2.32. The highest BCUT2D eigenvalue weighted by atomic mass is 19.1. The Hall–Kier alpha value is -1.33. The molecule has 2 rings (SSSR count). The van der Waals surface area contributed by atoms with Crippen LogP contribution in [0.5, 0.6) is 0 Å². The van der Waals surface area contributed by atoms with Gasteiger partial charge in [-0.1, -0.05) is 30.2 Å². The fourth-order valence-electron chi connectivity index (χ4n) is 1.83. The number of alkyl halides is 1. The second kappa shape index (κ2) is 3.81. The van der Waals surface area contributed by atoms with Crippen LogP contribution in [-0.4, -0.2) is 12.7 Å². The largest absolute Gasteiger partial charge is 0.297 e. The van der Waals surface area contributed by atoms with Crippen LogP contribution in [0.15, 0.2) is 24.3 Å². The first-order valence-electron chi connectivity index (χ1n) is 5.51. The second-order valence-electron chi connectivity index (χ2n) is 3.31. The molecule has 0 aliphatic heterocycles. The van der Waals surface area contributed by atoms with Crippen LogP contribution in [0.1, 0.15) is 19.9 Å². The zero-order chi connectivity index (χ0) is 11.8. The molecule has 0 unspecified atom stereocenters. The van der Waals surface area contributed by atoms with Crippen molar-refractivity contribution in [3.63, 3.8) is 0 Å². The van der Waals surface area contributed by atoms with E-state index in [1.54, 1.807) is 6.07 Å². The molecule has 0 saturated heterocycles. The maximum Gasteiger partial charge on any atom is 0.124 e. The summed E-state index contributed by atoms with van der Waals surface area (Å²) in [5.74, 6) is 1.98. The number of terminal acetylenes is 1. The molecule has 0 aromatic heterocycles. The summed E-state index contributed by atoms with van der Waals surface area (Å²) in [6.45, 7) is -1.98. The Morgan fingerprint density at radius 3 is 3.21 bits per heavy atom. The van der Waals surface area contributed by atoms with Crippen molar-refractivity contribution in [3.8, 4) is 12.3 Å². The minimum Gasteiger partial charge on any atom is -0.297 e. The van der Waals surface area contributed by atoms with Gasteiger partial charge >= 0.3 is 0 Å². The monoisotopic (exact) mass is 191 g/mol. The van der Waals surface area contributed by atoms with Gasteiger partial charge in [-0.25, -0.2) is 4.39 Å². The summed E-state index contributed by atoms with van der Waals surface area (Å²) < 4.78 is 28.6. The van der Waals surface area contributed by atoms with Gasteiger partial charge in [-0.15, -0.1) is 6.42 Å². The van der Waals surface area contributed by atoms with Gasteiger partial charge in [0.1, 0.15) is 6.17 Å². The predicted molar refractivity (Wildman–Crippen MR) is 54.6 cm³/mol. The number of rotatable bonds is 2. The van der Waals surface area contributed by atoms with Crippen LogP contribution in [-0.2, 0) is 6.42 Å². The lowest BCUT2D eigenvalue weighted by Crippen LogP contribution is -2.26. The SMILES string of the molecule is [2H]C([2H])(C#C)N[C@H]1c2ccccc2C[C@@H]1F. The number of nitrogens with one attached hydrogen (secondary N) is 1. The average Bonchev–Trinajstić information content (AvgIpc) is 2.56.